The fourth-order valence-electron chi connectivity index (χ4n) is 2.92. The van der Waals surface area contributed by atoms with Crippen LogP contribution in [0.2, 0.25) is 0 Å². The fraction of sp³-hybridized carbons (Fsp3) is 0.714. The maximum atomic E-state index is 11.4. The topological polar surface area (TPSA) is 123 Å². The largest absolute Gasteiger partial charge is 0.750 e. The van der Waals surface area contributed by atoms with E-state index in [1.165, 1.54) is 0 Å². The highest BCUT2D eigenvalue weighted by Crippen LogP contribution is 2.42. The quantitative estimate of drug-likeness (QED) is 0.245. The number of nitrogens with one attached hydrogen (secondary N) is 1. The summed E-state index contributed by atoms with van der Waals surface area (Å²) in [6.07, 6.45) is -0.0180. The average Bonchev–Trinajstić information content (AvgIpc) is 3.06. The van der Waals surface area contributed by atoms with Crippen molar-refractivity contribution in [2.45, 2.75) is 37.8 Å². The molecule has 136 valence electrons. The molecule has 0 spiro atoms. The summed E-state index contributed by atoms with van der Waals surface area (Å²) in [5.41, 5.74) is 0. The molecule has 0 aliphatic carbocycles. The predicted molar refractivity (Wildman–Crippen MR) is 80.1 cm³/mol. The number of hydrogen-bond acceptors (Lipinski definition) is 8. The smallest absolute Gasteiger partial charge is 0.325 e. The summed E-state index contributed by atoms with van der Waals surface area (Å²) < 4.78 is 42.6. The van der Waals surface area contributed by atoms with E-state index in [0.717, 1.165) is 6.08 Å². The Hall–Kier alpha value is -1.33. The van der Waals surface area contributed by atoms with Gasteiger partial charge in [-0.3, -0.25) is 13.8 Å². The van der Waals surface area contributed by atoms with Crippen LogP contribution in [0.25, 0.3) is 0 Å². The Morgan fingerprint density at radius 2 is 2.17 bits per heavy atom. The summed E-state index contributed by atoms with van der Waals surface area (Å²) in [5, 5.41) is 2.29. The molecule has 2 fully saturated rings. The molecule has 2 saturated heterocycles. The van der Waals surface area contributed by atoms with Crippen molar-refractivity contribution in [3.63, 3.8) is 0 Å². The molecule has 2 aliphatic heterocycles. The van der Waals surface area contributed by atoms with E-state index in [9.17, 15) is 18.4 Å². The van der Waals surface area contributed by atoms with E-state index >= 15 is 0 Å². The maximum absolute atomic E-state index is 11.4. The van der Waals surface area contributed by atoms with Crippen molar-refractivity contribution in [3.8, 4) is 0 Å². The zero-order chi connectivity index (χ0) is 17.7. The number of carbonyl (C=O) groups excluding carboxylic acids is 2. The van der Waals surface area contributed by atoms with Crippen LogP contribution in [0.1, 0.15) is 13.3 Å². The van der Waals surface area contributed by atoms with Gasteiger partial charge in [0, 0.05) is 0 Å². The summed E-state index contributed by atoms with van der Waals surface area (Å²) in [7, 11) is 0. The molecule has 24 heavy (non-hydrogen) atoms. The van der Waals surface area contributed by atoms with Gasteiger partial charge in [0.15, 0.2) is 0 Å². The molecule has 0 aromatic carbocycles. The van der Waals surface area contributed by atoms with Gasteiger partial charge in [-0.25, -0.2) is 4.21 Å². The van der Waals surface area contributed by atoms with Crippen molar-refractivity contribution in [1.82, 2.24) is 5.32 Å². The molecule has 2 bridgehead atoms. The molecule has 0 radical (unpaired) electrons. The molecule has 6 atom stereocenters. The van der Waals surface area contributed by atoms with Crippen LogP contribution in [0.3, 0.4) is 0 Å². The summed E-state index contributed by atoms with van der Waals surface area (Å²) in [6, 6.07) is 0. The van der Waals surface area contributed by atoms with Crippen molar-refractivity contribution in [3.05, 3.63) is 12.7 Å². The van der Waals surface area contributed by atoms with Gasteiger partial charge in [0.05, 0.1) is 30.2 Å². The fourth-order valence-corrected chi connectivity index (χ4v) is 3.34. The van der Waals surface area contributed by atoms with E-state index in [1.807, 2.05) is 6.92 Å². The van der Waals surface area contributed by atoms with Gasteiger partial charge in [-0.2, -0.15) is 0 Å². The number of esters is 1. The van der Waals surface area contributed by atoms with E-state index in [0.29, 0.717) is 6.42 Å². The average molecular weight is 362 g/mol. The van der Waals surface area contributed by atoms with Gasteiger partial charge in [-0.1, -0.05) is 13.5 Å². The van der Waals surface area contributed by atoms with Crippen LogP contribution >= 0.6 is 0 Å². The molecule has 0 saturated carbocycles. The lowest BCUT2D eigenvalue weighted by Crippen LogP contribution is -2.45. The number of rotatable bonds is 9. The molecule has 0 aromatic rings. The van der Waals surface area contributed by atoms with Crippen LogP contribution in [-0.2, 0) is 39.3 Å². The van der Waals surface area contributed by atoms with E-state index in [-0.39, 0.29) is 37.9 Å². The molecule has 2 aliphatic rings. The van der Waals surface area contributed by atoms with Crippen LogP contribution in [0.15, 0.2) is 12.7 Å². The molecule has 6 unspecified atom stereocenters. The lowest BCUT2D eigenvalue weighted by Gasteiger charge is -2.31. The molecule has 0 aromatic heterocycles. The molecule has 1 N–H and O–H groups in total. The molecular formula is C14H20NO8S-. The second kappa shape index (κ2) is 8.67. The van der Waals surface area contributed by atoms with E-state index in [1.54, 1.807) is 0 Å². The third kappa shape index (κ3) is 4.84. The van der Waals surface area contributed by atoms with Gasteiger partial charge >= 0.3 is 5.97 Å². The van der Waals surface area contributed by atoms with Gasteiger partial charge in [-0.05, 0) is 18.4 Å². The third-order valence-corrected chi connectivity index (χ3v) is 4.33. The first-order chi connectivity index (χ1) is 11.4. The third-order valence-electron chi connectivity index (χ3n) is 3.95. The Morgan fingerprint density at radius 3 is 2.83 bits per heavy atom. The van der Waals surface area contributed by atoms with Gasteiger partial charge in [0.1, 0.15) is 25.4 Å². The number of ether oxygens (including phenoxy) is 3. The highest BCUT2D eigenvalue weighted by atomic mass is 32.2. The summed E-state index contributed by atoms with van der Waals surface area (Å²) >= 11 is -2.66. The van der Waals surface area contributed by atoms with Gasteiger partial charge in [0.25, 0.3) is 0 Å². The van der Waals surface area contributed by atoms with E-state index in [2.05, 4.69) is 11.9 Å². The number of amides is 1. The predicted octanol–water partition coefficient (Wildman–Crippen LogP) is -0.796. The van der Waals surface area contributed by atoms with Crippen molar-refractivity contribution in [1.29, 1.82) is 0 Å². The standard InChI is InChI=1S/C14H21NO8S/c1-3-10(16)15-7-11(17)20-4-5-21-14-12-8(2)6-9(22-12)13(14)23-24(18)19/h3,8-9,12-14H,1,4-7H2,2H3,(H,15,16)(H,18,19)/p-1. The SMILES string of the molecule is C=CC(=O)NCC(=O)OCCOC1C2OC(CC2C)C1OS(=O)[O-]. The summed E-state index contributed by atoms with van der Waals surface area (Å²) in [5.74, 6) is -0.849. The number of carbonyl (C=O) groups is 2. The highest BCUT2D eigenvalue weighted by Gasteiger charge is 2.54. The molecule has 10 heteroatoms. The van der Waals surface area contributed by atoms with Crippen molar-refractivity contribution < 1.29 is 36.7 Å². The highest BCUT2D eigenvalue weighted by molar-refractivity contribution is 7.74. The number of fused-ring (bicyclic) bond motifs is 2. The van der Waals surface area contributed by atoms with Crippen molar-refractivity contribution in [2.24, 2.45) is 5.92 Å². The Balaban J connectivity index is 1.72. The summed E-state index contributed by atoms with van der Waals surface area (Å²) in [4.78, 5) is 22.3. The Kier molecular flexibility index (Phi) is 6.87. The second-order valence-corrected chi connectivity index (χ2v) is 6.20. The number of hydrogen-bond donors (Lipinski definition) is 1. The van der Waals surface area contributed by atoms with Crippen LogP contribution in [0.4, 0.5) is 0 Å². The van der Waals surface area contributed by atoms with Crippen molar-refractivity contribution >= 4 is 23.2 Å². The summed E-state index contributed by atoms with van der Waals surface area (Å²) in [6.45, 7) is 5.02. The Labute approximate surface area is 142 Å². The monoisotopic (exact) mass is 362 g/mol. The van der Waals surface area contributed by atoms with E-state index in [4.69, 9.17) is 18.4 Å². The molecule has 9 nitrogen and oxygen atoms in total. The molecular weight excluding hydrogens is 342 g/mol. The Bertz CT molecular complexity index is 513. The first-order valence-electron chi connectivity index (χ1n) is 7.51. The second-order valence-electron chi connectivity index (χ2n) is 5.59. The lowest BCUT2D eigenvalue weighted by atomic mass is 9.86. The van der Waals surface area contributed by atoms with Crippen LogP contribution in [-0.4, -0.2) is 64.8 Å². The van der Waals surface area contributed by atoms with Crippen LogP contribution in [0.5, 0.6) is 0 Å². The maximum Gasteiger partial charge on any atom is 0.325 e. The van der Waals surface area contributed by atoms with Gasteiger partial charge < -0.3 is 24.1 Å². The zero-order valence-electron chi connectivity index (χ0n) is 13.2. The minimum atomic E-state index is -2.66. The zero-order valence-corrected chi connectivity index (χ0v) is 14.0. The lowest BCUT2D eigenvalue weighted by molar-refractivity contribution is -0.146. The molecule has 2 heterocycles. The molecule has 2 rings (SSSR count). The first kappa shape index (κ1) is 19.0. The van der Waals surface area contributed by atoms with Crippen molar-refractivity contribution in [2.75, 3.05) is 19.8 Å². The van der Waals surface area contributed by atoms with Crippen LogP contribution < -0.4 is 5.32 Å². The first-order valence-corrected chi connectivity index (χ1v) is 8.51. The minimum absolute atomic E-state index is 0.0295. The van der Waals surface area contributed by atoms with E-state index < -0.39 is 35.4 Å². The Morgan fingerprint density at radius 1 is 1.42 bits per heavy atom. The normalized spacial score (nSPS) is 32.3. The minimum Gasteiger partial charge on any atom is -0.750 e. The van der Waals surface area contributed by atoms with Gasteiger partial charge in [-0.15, -0.1) is 0 Å². The van der Waals surface area contributed by atoms with Gasteiger partial charge in [0.2, 0.25) is 5.91 Å². The molecule has 1 amide bonds. The van der Waals surface area contributed by atoms with Crippen LogP contribution in [0, 0.1) is 5.92 Å².